The number of thiazole rings is 1. The molecule has 0 radical (unpaired) electrons. The van der Waals surface area contributed by atoms with Crippen LogP contribution in [-0.4, -0.2) is 22.9 Å². The molecule has 21 heavy (non-hydrogen) atoms. The minimum atomic E-state index is -0.778. The van der Waals surface area contributed by atoms with E-state index in [9.17, 15) is 4.79 Å². The lowest BCUT2D eigenvalue weighted by Crippen LogP contribution is -1.96. The van der Waals surface area contributed by atoms with Crippen LogP contribution in [0.15, 0.2) is 18.2 Å². The van der Waals surface area contributed by atoms with Crippen molar-refractivity contribution in [2.45, 2.75) is 26.2 Å². The van der Waals surface area contributed by atoms with Crippen LogP contribution in [-0.2, 0) is 17.6 Å². The van der Waals surface area contributed by atoms with E-state index in [0.29, 0.717) is 6.42 Å². The molecule has 1 N–H and O–H groups in total. The van der Waals surface area contributed by atoms with Gasteiger partial charge in [-0.2, -0.15) is 0 Å². The van der Waals surface area contributed by atoms with E-state index in [4.69, 9.17) is 14.6 Å². The molecule has 0 amide bonds. The van der Waals surface area contributed by atoms with Crippen molar-refractivity contribution in [2.24, 2.45) is 0 Å². The second-order valence-electron chi connectivity index (χ2n) is 4.87. The molecule has 0 unspecified atom stereocenters. The Morgan fingerprint density at radius 1 is 1.38 bits per heavy atom. The Labute approximate surface area is 126 Å². The number of nitrogens with zero attached hydrogens (tertiary/aromatic N) is 1. The highest BCUT2D eigenvalue weighted by Gasteiger charge is 2.15. The molecule has 1 aliphatic heterocycles. The fraction of sp³-hybridized carbons (Fsp3) is 0.333. The quantitative estimate of drug-likeness (QED) is 0.920. The Balaban J connectivity index is 1.73. The number of hydrogen-bond acceptors (Lipinski definition) is 5. The fourth-order valence-electron chi connectivity index (χ4n) is 2.24. The number of ether oxygens (including phenoxy) is 2. The van der Waals surface area contributed by atoms with E-state index in [-0.39, 0.29) is 13.2 Å². The zero-order valence-corrected chi connectivity index (χ0v) is 12.4. The molecular weight excluding hydrogens is 290 g/mol. The van der Waals surface area contributed by atoms with Gasteiger partial charge in [-0.25, -0.2) is 4.98 Å². The molecule has 0 saturated carbocycles. The molecule has 0 spiro atoms. The van der Waals surface area contributed by atoms with Gasteiger partial charge in [0.05, 0.1) is 17.1 Å². The van der Waals surface area contributed by atoms with E-state index in [1.807, 2.05) is 25.1 Å². The SMILES string of the molecule is Cc1nc(Cc2ccc3c(c2)OCO3)sc1CCC(=O)O. The normalized spacial score (nSPS) is 12.6. The molecule has 6 heteroatoms. The Morgan fingerprint density at radius 3 is 3.00 bits per heavy atom. The van der Waals surface area contributed by atoms with E-state index in [1.165, 1.54) is 0 Å². The number of aryl methyl sites for hydroxylation is 2. The third-order valence-corrected chi connectivity index (χ3v) is 4.51. The largest absolute Gasteiger partial charge is 0.481 e. The molecule has 5 nitrogen and oxygen atoms in total. The van der Waals surface area contributed by atoms with Crippen LogP contribution in [0.2, 0.25) is 0 Å². The zero-order valence-electron chi connectivity index (χ0n) is 11.6. The van der Waals surface area contributed by atoms with Crippen LogP contribution in [0.3, 0.4) is 0 Å². The number of aromatic nitrogens is 1. The predicted octanol–water partition coefficient (Wildman–Crippen LogP) is 2.79. The third kappa shape index (κ3) is 3.16. The van der Waals surface area contributed by atoms with E-state index in [0.717, 1.165) is 39.1 Å². The van der Waals surface area contributed by atoms with Crippen molar-refractivity contribution >= 4 is 17.3 Å². The smallest absolute Gasteiger partial charge is 0.303 e. The highest BCUT2D eigenvalue weighted by Crippen LogP contribution is 2.33. The summed E-state index contributed by atoms with van der Waals surface area (Å²) in [6.07, 6.45) is 1.40. The van der Waals surface area contributed by atoms with Crippen LogP contribution in [0.1, 0.15) is 27.6 Å². The van der Waals surface area contributed by atoms with Gasteiger partial charge < -0.3 is 14.6 Å². The summed E-state index contributed by atoms with van der Waals surface area (Å²) in [5.74, 6) is 0.767. The van der Waals surface area contributed by atoms with Crippen LogP contribution in [0, 0.1) is 6.92 Å². The molecule has 0 atom stereocenters. The van der Waals surface area contributed by atoms with Gasteiger partial charge in [-0.1, -0.05) is 6.07 Å². The van der Waals surface area contributed by atoms with Crippen LogP contribution in [0.4, 0.5) is 0 Å². The molecule has 0 bridgehead atoms. The lowest BCUT2D eigenvalue weighted by atomic mass is 10.1. The summed E-state index contributed by atoms with van der Waals surface area (Å²) in [6.45, 7) is 2.20. The second kappa shape index (κ2) is 5.73. The number of rotatable bonds is 5. The molecule has 1 aromatic carbocycles. The highest BCUT2D eigenvalue weighted by atomic mass is 32.1. The third-order valence-electron chi connectivity index (χ3n) is 3.30. The van der Waals surface area contributed by atoms with Crippen molar-refractivity contribution < 1.29 is 19.4 Å². The summed E-state index contributed by atoms with van der Waals surface area (Å²) >= 11 is 1.58. The number of benzene rings is 1. The zero-order chi connectivity index (χ0) is 14.8. The number of carboxylic acids is 1. The van der Waals surface area contributed by atoms with E-state index < -0.39 is 5.97 Å². The highest BCUT2D eigenvalue weighted by molar-refractivity contribution is 7.11. The molecule has 110 valence electrons. The number of carboxylic acid groups (broad SMARTS) is 1. The molecule has 0 saturated heterocycles. The monoisotopic (exact) mass is 305 g/mol. The van der Waals surface area contributed by atoms with Crippen molar-refractivity contribution in [1.82, 2.24) is 4.98 Å². The van der Waals surface area contributed by atoms with Gasteiger partial charge in [-0.15, -0.1) is 11.3 Å². The minimum Gasteiger partial charge on any atom is -0.481 e. The summed E-state index contributed by atoms with van der Waals surface area (Å²) in [4.78, 5) is 16.2. The molecule has 2 aromatic rings. The first-order valence-corrected chi connectivity index (χ1v) is 7.49. The number of carbonyl (C=O) groups is 1. The first-order chi connectivity index (χ1) is 10.1. The first-order valence-electron chi connectivity index (χ1n) is 6.67. The van der Waals surface area contributed by atoms with Crippen LogP contribution in [0.5, 0.6) is 11.5 Å². The van der Waals surface area contributed by atoms with Gasteiger partial charge in [0.1, 0.15) is 0 Å². The van der Waals surface area contributed by atoms with Gasteiger partial charge in [0.25, 0.3) is 0 Å². The van der Waals surface area contributed by atoms with Crippen molar-refractivity contribution in [3.63, 3.8) is 0 Å². The average Bonchev–Trinajstić information content (AvgIpc) is 3.02. The molecular formula is C15H15NO4S. The van der Waals surface area contributed by atoms with Crippen LogP contribution < -0.4 is 9.47 Å². The van der Waals surface area contributed by atoms with Crippen LogP contribution in [0.25, 0.3) is 0 Å². The van der Waals surface area contributed by atoms with Crippen molar-refractivity contribution in [1.29, 1.82) is 0 Å². The van der Waals surface area contributed by atoms with E-state index in [2.05, 4.69) is 4.98 Å². The molecule has 0 aliphatic carbocycles. The maximum Gasteiger partial charge on any atom is 0.303 e. The van der Waals surface area contributed by atoms with Crippen LogP contribution >= 0.6 is 11.3 Å². The number of aliphatic carboxylic acids is 1. The van der Waals surface area contributed by atoms with Gasteiger partial charge in [0, 0.05) is 11.3 Å². The summed E-state index contributed by atoms with van der Waals surface area (Å²) < 4.78 is 10.7. The van der Waals surface area contributed by atoms with Gasteiger partial charge in [-0.05, 0) is 31.0 Å². The van der Waals surface area contributed by atoms with E-state index >= 15 is 0 Å². The molecule has 0 fully saturated rings. The van der Waals surface area contributed by atoms with Gasteiger partial charge in [-0.3, -0.25) is 4.79 Å². The molecule has 3 rings (SSSR count). The van der Waals surface area contributed by atoms with Gasteiger partial charge in [0.15, 0.2) is 11.5 Å². The molecule has 1 aliphatic rings. The Morgan fingerprint density at radius 2 is 2.19 bits per heavy atom. The van der Waals surface area contributed by atoms with Crippen molar-refractivity contribution in [3.8, 4) is 11.5 Å². The maximum atomic E-state index is 10.6. The summed E-state index contributed by atoms with van der Waals surface area (Å²) in [5.41, 5.74) is 2.04. The Kier molecular flexibility index (Phi) is 3.79. The van der Waals surface area contributed by atoms with Crippen molar-refractivity contribution in [2.75, 3.05) is 6.79 Å². The second-order valence-corrected chi connectivity index (χ2v) is 6.04. The summed E-state index contributed by atoms with van der Waals surface area (Å²) in [5, 5.41) is 9.75. The standard InChI is InChI=1S/C15H15NO4S/c1-9-13(4-5-15(17)18)21-14(16-9)7-10-2-3-11-12(6-10)20-8-19-11/h2-3,6H,4-5,7-8H2,1H3,(H,17,18). The average molecular weight is 305 g/mol. The van der Waals surface area contributed by atoms with Gasteiger partial charge in [0.2, 0.25) is 6.79 Å². The topological polar surface area (TPSA) is 68.7 Å². The fourth-order valence-corrected chi connectivity index (χ4v) is 3.35. The summed E-state index contributed by atoms with van der Waals surface area (Å²) in [7, 11) is 0. The lowest BCUT2D eigenvalue weighted by Gasteiger charge is -2.00. The predicted molar refractivity (Wildman–Crippen MR) is 78.2 cm³/mol. The maximum absolute atomic E-state index is 10.6. The number of fused-ring (bicyclic) bond motifs is 1. The summed E-state index contributed by atoms with van der Waals surface area (Å²) in [6, 6.07) is 5.88. The first kappa shape index (κ1) is 13.9. The molecule has 1 aromatic heterocycles. The lowest BCUT2D eigenvalue weighted by molar-refractivity contribution is -0.136. The van der Waals surface area contributed by atoms with Crippen molar-refractivity contribution in [3.05, 3.63) is 39.3 Å². The van der Waals surface area contributed by atoms with E-state index in [1.54, 1.807) is 11.3 Å². The molecule has 2 heterocycles. The Hall–Kier alpha value is -2.08. The Bertz CT molecular complexity index is 680. The van der Waals surface area contributed by atoms with Gasteiger partial charge >= 0.3 is 5.97 Å². The minimum absolute atomic E-state index is 0.145. The number of hydrogen-bond donors (Lipinski definition) is 1.